The molecule has 19 heavy (non-hydrogen) atoms. The van der Waals surface area contributed by atoms with Gasteiger partial charge >= 0.3 is 12.4 Å². The molecule has 0 saturated heterocycles. The number of hydrogen-bond acceptors (Lipinski definition) is 2. The van der Waals surface area contributed by atoms with E-state index in [1.165, 1.54) is 0 Å². The first-order valence-corrected chi connectivity index (χ1v) is 4.68. The van der Waals surface area contributed by atoms with E-state index in [1.54, 1.807) is 5.32 Å². The molecule has 0 aromatic heterocycles. The molecule has 1 N–H and O–H groups in total. The van der Waals surface area contributed by atoms with Gasteiger partial charge in [0.1, 0.15) is 5.75 Å². The van der Waals surface area contributed by atoms with Crippen LogP contribution in [0.3, 0.4) is 0 Å². The lowest BCUT2D eigenvalue weighted by Crippen LogP contribution is -2.15. The molecule has 1 amide bonds. The standard InChI is InChI=1S/C10H7F6NO2/c1-19-7-3-5(9(11,12)13)2-6(10(14,15)16)8(7)17-4-18/h2-4H,1H3,(H,17,18). The SMILES string of the molecule is COc1cc(C(F)(F)F)cc(C(F)(F)F)c1NC=O. The van der Waals surface area contributed by atoms with E-state index >= 15 is 0 Å². The van der Waals surface area contributed by atoms with Crippen LogP contribution in [0.1, 0.15) is 11.1 Å². The van der Waals surface area contributed by atoms with Crippen molar-refractivity contribution in [1.29, 1.82) is 0 Å². The summed E-state index contributed by atoms with van der Waals surface area (Å²) in [6, 6.07) is 0.287. The molecule has 0 radical (unpaired) electrons. The van der Waals surface area contributed by atoms with Gasteiger partial charge in [-0.2, -0.15) is 26.3 Å². The van der Waals surface area contributed by atoms with Crippen molar-refractivity contribution in [3.05, 3.63) is 23.3 Å². The second-order valence-corrected chi connectivity index (χ2v) is 3.36. The molecular formula is C10H7F6NO2. The predicted octanol–water partition coefficient (Wildman–Crippen LogP) is 3.30. The highest BCUT2D eigenvalue weighted by Crippen LogP contribution is 2.43. The highest BCUT2D eigenvalue weighted by Gasteiger charge is 2.40. The quantitative estimate of drug-likeness (QED) is 0.684. The fourth-order valence-corrected chi connectivity index (χ4v) is 1.37. The number of carbonyl (C=O) groups excluding carboxylic acids is 1. The highest BCUT2D eigenvalue weighted by atomic mass is 19.4. The summed E-state index contributed by atoms with van der Waals surface area (Å²) in [5, 5.41) is 1.69. The second kappa shape index (κ2) is 4.98. The zero-order valence-corrected chi connectivity index (χ0v) is 9.32. The molecule has 0 fully saturated rings. The van der Waals surface area contributed by atoms with Crippen LogP contribution in [0.2, 0.25) is 0 Å². The number of halogens is 6. The summed E-state index contributed by atoms with van der Waals surface area (Å²) in [5.74, 6) is -0.728. The lowest BCUT2D eigenvalue weighted by Gasteiger charge is -2.18. The van der Waals surface area contributed by atoms with Crippen molar-refractivity contribution < 1.29 is 35.9 Å². The van der Waals surface area contributed by atoms with Crippen LogP contribution >= 0.6 is 0 Å². The monoisotopic (exact) mass is 287 g/mol. The molecule has 1 aromatic carbocycles. The first-order chi connectivity index (χ1) is 8.61. The van der Waals surface area contributed by atoms with Crippen LogP contribution in [-0.2, 0) is 17.1 Å². The van der Waals surface area contributed by atoms with Crippen molar-refractivity contribution in [2.45, 2.75) is 12.4 Å². The zero-order chi connectivity index (χ0) is 14.8. The fourth-order valence-electron chi connectivity index (χ4n) is 1.37. The average molecular weight is 287 g/mol. The van der Waals surface area contributed by atoms with Crippen LogP contribution in [0.5, 0.6) is 5.75 Å². The molecule has 1 rings (SSSR count). The third kappa shape index (κ3) is 3.30. The van der Waals surface area contributed by atoms with Crippen molar-refractivity contribution >= 4 is 12.1 Å². The number of amides is 1. The van der Waals surface area contributed by atoms with Crippen molar-refractivity contribution in [3.8, 4) is 5.75 Å². The molecule has 0 aliphatic rings. The molecular weight excluding hydrogens is 280 g/mol. The van der Waals surface area contributed by atoms with E-state index in [0.717, 1.165) is 7.11 Å². The summed E-state index contributed by atoms with van der Waals surface area (Å²) in [4.78, 5) is 10.2. The number of alkyl halides is 6. The summed E-state index contributed by atoms with van der Waals surface area (Å²) in [6.45, 7) is 0. The first kappa shape index (κ1) is 15.1. The predicted molar refractivity (Wildman–Crippen MR) is 52.7 cm³/mol. The lowest BCUT2D eigenvalue weighted by atomic mass is 10.1. The van der Waals surface area contributed by atoms with Gasteiger partial charge in [0.05, 0.1) is 23.9 Å². The number of methoxy groups -OCH3 is 1. The van der Waals surface area contributed by atoms with Gasteiger partial charge in [-0.3, -0.25) is 4.79 Å². The van der Waals surface area contributed by atoms with Crippen LogP contribution in [0.25, 0.3) is 0 Å². The van der Waals surface area contributed by atoms with Gasteiger partial charge in [-0.05, 0) is 12.1 Å². The maximum atomic E-state index is 12.7. The molecule has 0 aliphatic carbocycles. The van der Waals surface area contributed by atoms with E-state index < -0.39 is 34.9 Å². The summed E-state index contributed by atoms with van der Waals surface area (Å²) in [7, 11) is 0.894. The minimum absolute atomic E-state index is 0.0830. The number of benzene rings is 1. The number of hydrogen-bond donors (Lipinski definition) is 1. The Morgan fingerprint density at radius 2 is 1.68 bits per heavy atom. The van der Waals surface area contributed by atoms with Gasteiger partial charge in [0.2, 0.25) is 6.41 Å². The topological polar surface area (TPSA) is 38.3 Å². The Hall–Kier alpha value is -1.93. The third-order valence-electron chi connectivity index (χ3n) is 2.16. The van der Waals surface area contributed by atoms with Crippen LogP contribution < -0.4 is 10.1 Å². The Morgan fingerprint density at radius 1 is 1.11 bits per heavy atom. The molecule has 9 heteroatoms. The third-order valence-corrected chi connectivity index (χ3v) is 2.16. The molecule has 3 nitrogen and oxygen atoms in total. The minimum atomic E-state index is -5.07. The molecule has 106 valence electrons. The maximum absolute atomic E-state index is 12.7. The Kier molecular flexibility index (Phi) is 3.97. The van der Waals surface area contributed by atoms with Crippen molar-refractivity contribution in [3.63, 3.8) is 0 Å². The molecule has 0 spiro atoms. The van der Waals surface area contributed by atoms with Gasteiger partial charge in [0, 0.05) is 0 Å². The van der Waals surface area contributed by atoms with Crippen molar-refractivity contribution in [1.82, 2.24) is 0 Å². The molecule has 0 bridgehead atoms. The molecule has 1 aromatic rings. The van der Waals surface area contributed by atoms with E-state index in [9.17, 15) is 31.1 Å². The van der Waals surface area contributed by atoms with Gasteiger partial charge in [-0.25, -0.2) is 0 Å². The summed E-state index contributed by atoms with van der Waals surface area (Å²) in [6.07, 6.45) is -10.1. The normalized spacial score (nSPS) is 12.2. The van der Waals surface area contributed by atoms with Crippen molar-refractivity contribution in [2.75, 3.05) is 12.4 Å². The van der Waals surface area contributed by atoms with Crippen LogP contribution in [0.15, 0.2) is 12.1 Å². The van der Waals surface area contributed by atoms with E-state index in [0.29, 0.717) is 6.07 Å². The zero-order valence-electron chi connectivity index (χ0n) is 9.32. The van der Waals surface area contributed by atoms with Gasteiger partial charge < -0.3 is 10.1 Å². The fraction of sp³-hybridized carbons (Fsp3) is 0.300. The number of carbonyl (C=O) groups is 1. The van der Waals surface area contributed by atoms with E-state index in [1.807, 2.05) is 0 Å². The Balaban J connectivity index is 3.59. The molecule has 0 heterocycles. The lowest BCUT2D eigenvalue weighted by molar-refractivity contribution is -0.142. The van der Waals surface area contributed by atoms with Gasteiger partial charge in [-0.1, -0.05) is 0 Å². The van der Waals surface area contributed by atoms with Crippen LogP contribution in [0.4, 0.5) is 32.0 Å². The Labute approximate surface area is 103 Å². The Morgan fingerprint density at radius 3 is 2.05 bits per heavy atom. The highest BCUT2D eigenvalue weighted by molar-refractivity contribution is 5.79. The van der Waals surface area contributed by atoms with E-state index in [-0.39, 0.29) is 12.5 Å². The number of ether oxygens (including phenoxy) is 1. The summed E-state index contributed by atoms with van der Waals surface area (Å²) in [5.41, 5.74) is -4.02. The first-order valence-electron chi connectivity index (χ1n) is 4.68. The van der Waals surface area contributed by atoms with Crippen LogP contribution in [-0.4, -0.2) is 13.5 Å². The van der Waals surface area contributed by atoms with Gasteiger partial charge in [-0.15, -0.1) is 0 Å². The maximum Gasteiger partial charge on any atom is 0.418 e. The summed E-state index contributed by atoms with van der Waals surface area (Å²) >= 11 is 0. The average Bonchev–Trinajstić information content (AvgIpc) is 2.26. The van der Waals surface area contributed by atoms with Gasteiger partial charge in [0.25, 0.3) is 0 Å². The van der Waals surface area contributed by atoms with Gasteiger partial charge in [0.15, 0.2) is 0 Å². The summed E-state index contributed by atoms with van der Waals surface area (Å²) < 4.78 is 79.9. The molecule has 0 unspecified atom stereocenters. The Bertz CT molecular complexity index is 480. The largest absolute Gasteiger partial charge is 0.495 e. The van der Waals surface area contributed by atoms with E-state index in [4.69, 9.17) is 0 Å². The molecule has 0 aliphatic heterocycles. The second-order valence-electron chi connectivity index (χ2n) is 3.36. The number of anilines is 1. The minimum Gasteiger partial charge on any atom is -0.495 e. The van der Waals surface area contributed by atoms with Crippen molar-refractivity contribution in [2.24, 2.45) is 0 Å². The van der Waals surface area contributed by atoms with Crippen LogP contribution in [0, 0.1) is 0 Å². The number of nitrogens with one attached hydrogen (secondary N) is 1. The number of rotatable bonds is 3. The van der Waals surface area contributed by atoms with E-state index in [2.05, 4.69) is 4.74 Å². The molecule has 0 saturated carbocycles. The smallest absolute Gasteiger partial charge is 0.418 e. The molecule has 0 atom stereocenters.